The Balaban J connectivity index is 1.99. The van der Waals surface area contributed by atoms with Gasteiger partial charge in [0.2, 0.25) is 0 Å². The number of methoxy groups -OCH3 is 1. The second-order valence-electron chi connectivity index (χ2n) is 4.82. The number of aromatic nitrogens is 4. The Morgan fingerprint density at radius 3 is 2.50 bits per heavy atom. The van der Waals surface area contributed by atoms with Crippen molar-refractivity contribution >= 4 is 16.0 Å². The van der Waals surface area contributed by atoms with Crippen LogP contribution in [-0.4, -0.2) is 34.5 Å². The number of imidazole rings is 1. The van der Waals surface area contributed by atoms with Crippen molar-refractivity contribution < 1.29 is 13.2 Å². The fraction of sp³-hybridized carbons (Fsp3) is 0.133. The van der Waals surface area contributed by atoms with Crippen LogP contribution in [0.25, 0.3) is 0 Å². The number of hydrogen-bond acceptors (Lipinski definition) is 6. The quantitative estimate of drug-likeness (QED) is 0.672. The highest BCUT2D eigenvalue weighted by Gasteiger charge is 2.25. The Morgan fingerprint density at radius 2 is 1.92 bits per heavy atom. The molecule has 0 aliphatic carbocycles. The molecule has 0 N–H and O–H groups in total. The zero-order valence-electron chi connectivity index (χ0n) is 12.8. The van der Waals surface area contributed by atoms with Crippen LogP contribution in [0.4, 0.5) is 5.82 Å². The van der Waals surface area contributed by atoms with Crippen molar-refractivity contribution in [3.63, 3.8) is 0 Å². The van der Waals surface area contributed by atoms with Crippen LogP contribution in [-0.2, 0) is 16.8 Å². The van der Waals surface area contributed by atoms with E-state index in [0.717, 1.165) is 9.54 Å². The van der Waals surface area contributed by atoms with E-state index >= 15 is 0 Å². The van der Waals surface area contributed by atoms with Gasteiger partial charge in [0, 0.05) is 24.7 Å². The molecule has 2 aromatic heterocycles. The molecule has 0 saturated heterocycles. The molecule has 2 heterocycles. The summed E-state index contributed by atoms with van der Waals surface area (Å²) in [6, 6.07) is 8.69. The van der Waals surface area contributed by atoms with E-state index in [1.54, 1.807) is 31.4 Å². The van der Waals surface area contributed by atoms with Gasteiger partial charge in [0.1, 0.15) is 24.2 Å². The molecular weight excluding hydrogens is 330 g/mol. The van der Waals surface area contributed by atoms with Crippen LogP contribution in [0, 0.1) is 0 Å². The van der Waals surface area contributed by atoms with E-state index in [9.17, 15) is 8.42 Å². The lowest BCUT2D eigenvalue weighted by atomic mass is 10.2. The molecular formula is C15H15N5O3S. The van der Waals surface area contributed by atoms with Crippen LogP contribution in [0.3, 0.4) is 0 Å². The van der Waals surface area contributed by atoms with Gasteiger partial charge in [0.25, 0.3) is 0 Å². The number of rotatable bonds is 6. The summed E-state index contributed by atoms with van der Waals surface area (Å²) in [7, 11) is -2.28. The molecule has 1 aromatic carbocycles. The highest BCUT2D eigenvalue weighted by molar-refractivity contribution is 7.91. The molecule has 0 bridgehead atoms. The summed E-state index contributed by atoms with van der Waals surface area (Å²) in [5, 5.41) is 0. The minimum Gasteiger partial charge on any atom is -0.497 e. The number of benzene rings is 1. The minimum atomic E-state index is -3.86. The molecule has 0 unspecified atom stereocenters. The molecule has 0 aliphatic rings. The van der Waals surface area contributed by atoms with Gasteiger partial charge in [-0.3, -0.25) is 0 Å². The molecule has 124 valence electrons. The summed E-state index contributed by atoms with van der Waals surface area (Å²) in [6.45, 7) is 0.113. The highest BCUT2D eigenvalue weighted by atomic mass is 32.2. The topological polar surface area (TPSA) is 90.2 Å². The lowest BCUT2D eigenvalue weighted by molar-refractivity contribution is 0.414. The molecule has 0 saturated carbocycles. The van der Waals surface area contributed by atoms with E-state index in [1.165, 1.54) is 41.6 Å². The molecule has 0 spiro atoms. The second-order valence-corrected chi connectivity index (χ2v) is 6.58. The summed E-state index contributed by atoms with van der Waals surface area (Å²) >= 11 is 0. The Labute approximate surface area is 139 Å². The SMILES string of the molecule is COc1ccc(CN(c2ccncn2)S(=O)(=O)n2ccnc2)cc1. The van der Waals surface area contributed by atoms with Gasteiger partial charge in [0.05, 0.1) is 13.7 Å². The van der Waals surface area contributed by atoms with Crippen LogP contribution < -0.4 is 9.04 Å². The van der Waals surface area contributed by atoms with Gasteiger partial charge in [-0.1, -0.05) is 12.1 Å². The van der Waals surface area contributed by atoms with E-state index in [0.29, 0.717) is 5.75 Å². The average molecular weight is 345 g/mol. The molecule has 3 rings (SSSR count). The summed E-state index contributed by atoms with van der Waals surface area (Å²) < 4.78 is 33.1. The lowest BCUT2D eigenvalue weighted by Gasteiger charge is -2.23. The van der Waals surface area contributed by atoms with E-state index in [2.05, 4.69) is 15.0 Å². The molecule has 0 atom stereocenters. The Bertz CT molecular complexity index is 881. The highest BCUT2D eigenvalue weighted by Crippen LogP contribution is 2.20. The van der Waals surface area contributed by atoms with Gasteiger partial charge in [-0.05, 0) is 17.7 Å². The first-order chi connectivity index (χ1) is 11.6. The number of ether oxygens (including phenoxy) is 1. The molecule has 24 heavy (non-hydrogen) atoms. The van der Waals surface area contributed by atoms with Crippen LogP contribution in [0.15, 0.2) is 61.6 Å². The fourth-order valence-corrected chi connectivity index (χ4v) is 3.37. The van der Waals surface area contributed by atoms with Gasteiger partial charge < -0.3 is 4.74 Å². The molecule has 0 fully saturated rings. The van der Waals surface area contributed by atoms with Crippen molar-refractivity contribution in [2.75, 3.05) is 11.4 Å². The maximum absolute atomic E-state index is 12.9. The molecule has 8 nitrogen and oxygen atoms in total. The third kappa shape index (κ3) is 3.20. The van der Waals surface area contributed by atoms with E-state index < -0.39 is 10.2 Å². The van der Waals surface area contributed by atoms with E-state index in [4.69, 9.17) is 4.74 Å². The van der Waals surface area contributed by atoms with Crippen LogP contribution in [0.1, 0.15) is 5.56 Å². The zero-order chi connectivity index (χ0) is 17.0. The van der Waals surface area contributed by atoms with Gasteiger partial charge in [-0.2, -0.15) is 8.42 Å². The molecule has 9 heteroatoms. The maximum Gasteiger partial charge on any atom is 0.332 e. The molecule has 0 amide bonds. The van der Waals surface area contributed by atoms with Crippen LogP contribution >= 0.6 is 0 Å². The Hall–Kier alpha value is -2.94. The van der Waals surface area contributed by atoms with Crippen molar-refractivity contribution in [2.24, 2.45) is 0 Å². The minimum absolute atomic E-state index is 0.113. The van der Waals surface area contributed by atoms with Crippen molar-refractivity contribution in [1.29, 1.82) is 0 Å². The first kappa shape index (κ1) is 15.9. The zero-order valence-corrected chi connectivity index (χ0v) is 13.7. The first-order valence-electron chi connectivity index (χ1n) is 7.01. The molecule has 0 radical (unpaired) electrons. The van der Waals surface area contributed by atoms with Crippen molar-refractivity contribution in [1.82, 2.24) is 18.9 Å². The predicted octanol–water partition coefficient (Wildman–Crippen LogP) is 1.48. The summed E-state index contributed by atoms with van der Waals surface area (Å²) in [5.41, 5.74) is 0.790. The standard InChI is InChI=1S/C15H15N5O3S/c1-23-14-4-2-13(3-5-14)10-20(15-6-7-16-11-18-15)24(21,22)19-9-8-17-12-19/h2-9,11-12H,10H2,1H3. The summed E-state index contributed by atoms with van der Waals surface area (Å²) in [5.74, 6) is 0.972. The van der Waals surface area contributed by atoms with Gasteiger partial charge >= 0.3 is 10.2 Å². The smallest absolute Gasteiger partial charge is 0.332 e. The van der Waals surface area contributed by atoms with Crippen molar-refractivity contribution in [2.45, 2.75) is 6.54 Å². The van der Waals surface area contributed by atoms with Gasteiger partial charge in [0.15, 0.2) is 0 Å². The average Bonchev–Trinajstić information content (AvgIpc) is 3.16. The monoisotopic (exact) mass is 345 g/mol. The third-order valence-electron chi connectivity index (χ3n) is 3.33. The van der Waals surface area contributed by atoms with E-state index in [1.807, 2.05) is 0 Å². The second kappa shape index (κ2) is 6.67. The first-order valence-corrected chi connectivity index (χ1v) is 8.41. The number of hydrogen-bond donors (Lipinski definition) is 0. The van der Waals surface area contributed by atoms with Crippen LogP contribution in [0.2, 0.25) is 0 Å². The maximum atomic E-state index is 12.9. The van der Waals surface area contributed by atoms with Gasteiger partial charge in [-0.15, -0.1) is 0 Å². The number of anilines is 1. The number of nitrogens with zero attached hydrogens (tertiary/aromatic N) is 5. The van der Waals surface area contributed by atoms with Crippen molar-refractivity contribution in [3.8, 4) is 5.75 Å². The third-order valence-corrected chi connectivity index (χ3v) is 4.95. The Kier molecular flexibility index (Phi) is 4.43. The summed E-state index contributed by atoms with van der Waals surface area (Å²) in [4.78, 5) is 11.7. The lowest BCUT2D eigenvalue weighted by Crippen LogP contribution is -2.35. The summed E-state index contributed by atoms with van der Waals surface area (Å²) in [6.07, 6.45) is 6.81. The Morgan fingerprint density at radius 1 is 1.12 bits per heavy atom. The van der Waals surface area contributed by atoms with Gasteiger partial charge in [-0.25, -0.2) is 23.2 Å². The normalized spacial score (nSPS) is 11.2. The molecule has 3 aromatic rings. The van der Waals surface area contributed by atoms with E-state index in [-0.39, 0.29) is 12.4 Å². The fourth-order valence-electron chi connectivity index (χ4n) is 2.11. The largest absolute Gasteiger partial charge is 0.497 e. The van der Waals surface area contributed by atoms with Crippen molar-refractivity contribution in [3.05, 3.63) is 67.1 Å². The van der Waals surface area contributed by atoms with Crippen LogP contribution in [0.5, 0.6) is 5.75 Å². The predicted molar refractivity (Wildman–Crippen MR) is 87.8 cm³/mol. The molecule has 0 aliphatic heterocycles.